The number of anilines is 9. The van der Waals surface area contributed by atoms with Gasteiger partial charge in [0.2, 0.25) is 0 Å². The van der Waals surface area contributed by atoms with Crippen molar-refractivity contribution in [3.8, 4) is 23.0 Å². The summed E-state index contributed by atoms with van der Waals surface area (Å²) >= 11 is 0. The van der Waals surface area contributed by atoms with Crippen molar-refractivity contribution in [2.24, 2.45) is 0 Å². The van der Waals surface area contributed by atoms with E-state index in [4.69, 9.17) is 9.47 Å². The van der Waals surface area contributed by atoms with Crippen LogP contribution in [0.5, 0.6) is 23.0 Å². The lowest BCUT2D eigenvalue weighted by molar-refractivity contribution is 0.475. The Morgan fingerprint density at radius 1 is 0.426 bits per heavy atom. The Hall–Kier alpha value is -5.97. The van der Waals surface area contributed by atoms with Crippen LogP contribution >= 0.6 is 7.14 Å². The van der Waals surface area contributed by atoms with Crippen LogP contribution in [0.4, 0.5) is 51.2 Å². The molecule has 0 aliphatic carbocycles. The molecular formula is C40H22N3O3P. The monoisotopic (exact) mass is 623 g/mol. The number of hydrogen-bond donors (Lipinski definition) is 0. The molecule has 0 bridgehead atoms. The molecule has 220 valence electrons. The average molecular weight is 624 g/mol. The highest BCUT2D eigenvalue weighted by molar-refractivity contribution is 7.87. The summed E-state index contributed by atoms with van der Waals surface area (Å²) in [6, 6.07) is 45.6. The number of hydrogen-bond acceptors (Lipinski definition) is 6. The van der Waals surface area contributed by atoms with Crippen LogP contribution in [-0.2, 0) is 4.57 Å². The van der Waals surface area contributed by atoms with E-state index in [-0.39, 0.29) is 0 Å². The van der Waals surface area contributed by atoms with Crippen LogP contribution in [0.2, 0.25) is 0 Å². The van der Waals surface area contributed by atoms with Crippen molar-refractivity contribution in [2.45, 2.75) is 0 Å². The summed E-state index contributed by atoms with van der Waals surface area (Å²) < 4.78 is 30.2. The third-order valence-corrected chi connectivity index (χ3v) is 13.4. The summed E-state index contributed by atoms with van der Waals surface area (Å²) in [6.07, 6.45) is 0. The first-order valence-electron chi connectivity index (χ1n) is 15.7. The van der Waals surface area contributed by atoms with Gasteiger partial charge in [0, 0.05) is 11.1 Å². The van der Waals surface area contributed by atoms with Gasteiger partial charge in [0.05, 0.1) is 50.0 Å². The Labute approximate surface area is 269 Å². The van der Waals surface area contributed by atoms with E-state index in [0.29, 0.717) is 11.5 Å². The SMILES string of the molecule is O=P12c3c4ccc5c3N(c3ccccc3O5)c3ccc5c(c31)N(c1ccccc1O5)c1cc3ccccc3c(c12)N4c1ccccc1. The van der Waals surface area contributed by atoms with Crippen LogP contribution in [0, 0.1) is 0 Å². The van der Waals surface area contributed by atoms with Crippen molar-refractivity contribution in [1.29, 1.82) is 0 Å². The second-order valence-electron chi connectivity index (χ2n) is 12.5. The fourth-order valence-electron chi connectivity index (χ4n) is 8.43. The highest BCUT2D eigenvalue weighted by atomic mass is 31.2. The Balaban J connectivity index is 1.34. The summed E-state index contributed by atoms with van der Waals surface area (Å²) in [6.45, 7) is 0. The van der Waals surface area contributed by atoms with E-state index in [2.05, 4.69) is 93.6 Å². The lowest BCUT2D eigenvalue weighted by atomic mass is 10.0. The van der Waals surface area contributed by atoms with E-state index in [1.165, 1.54) is 0 Å². The third kappa shape index (κ3) is 2.68. The molecule has 6 nitrogen and oxygen atoms in total. The topological polar surface area (TPSA) is 45.3 Å². The zero-order valence-corrected chi connectivity index (χ0v) is 25.6. The smallest absolute Gasteiger partial charge is 0.183 e. The van der Waals surface area contributed by atoms with Crippen LogP contribution < -0.4 is 40.1 Å². The molecule has 0 N–H and O–H groups in total. The van der Waals surface area contributed by atoms with Gasteiger partial charge in [-0.2, -0.15) is 0 Å². The molecule has 0 fully saturated rings. The number of ether oxygens (including phenoxy) is 2. The number of para-hydroxylation sites is 5. The lowest BCUT2D eigenvalue weighted by Gasteiger charge is -2.51. The van der Waals surface area contributed by atoms with Gasteiger partial charge in [-0.15, -0.1) is 0 Å². The minimum absolute atomic E-state index is 0.698. The van der Waals surface area contributed by atoms with Crippen LogP contribution in [-0.4, -0.2) is 0 Å². The number of benzene rings is 7. The molecule has 1 atom stereocenters. The van der Waals surface area contributed by atoms with Gasteiger partial charge in [-0.1, -0.05) is 66.7 Å². The molecule has 0 aromatic heterocycles. The molecule has 5 aliphatic rings. The van der Waals surface area contributed by atoms with Crippen molar-refractivity contribution in [1.82, 2.24) is 0 Å². The zero-order valence-electron chi connectivity index (χ0n) is 24.7. The highest BCUT2D eigenvalue weighted by Gasteiger charge is 2.58. The molecule has 0 saturated heterocycles. The zero-order chi connectivity index (χ0) is 30.6. The van der Waals surface area contributed by atoms with Gasteiger partial charge in [-0.3, -0.25) is 0 Å². The maximum atomic E-state index is 16.9. The van der Waals surface area contributed by atoms with Gasteiger partial charge in [-0.05, 0) is 72.1 Å². The van der Waals surface area contributed by atoms with Crippen molar-refractivity contribution in [3.05, 3.63) is 133 Å². The molecule has 0 saturated carbocycles. The van der Waals surface area contributed by atoms with Crippen molar-refractivity contribution >= 4 is 85.0 Å². The number of fused-ring (bicyclic) bond motifs is 8. The molecule has 5 aliphatic heterocycles. The molecular weight excluding hydrogens is 601 g/mol. The molecule has 0 radical (unpaired) electrons. The van der Waals surface area contributed by atoms with Gasteiger partial charge < -0.3 is 28.7 Å². The van der Waals surface area contributed by atoms with Gasteiger partial charge >= 0.3 is 0 Å². The van der Waals surface area contributed by atoms with Crippen LogP contribution in [0.25, 0.3) is 10.8 Å². The first-order chi connectivity index (χ1) is 23.2. The van der Waals surface area contributed by atoms with E-state index >= 15 is 4.57 Å². The normalized spacial score (nSPS) is 17.7. The highest BCUT2D eigenvalue weighted by Crippen LogP contribution is 2.71. The number of nitrogens with zero attached hydrogens (tertiary/aromatic N) is 3. The minimum atomic E-state index is -3.54. The van der Waals surface area contributed by atoms with E-state index in [9.17, 15) is 0 Å². The number of rotatable bonds is 1. The first kappa shape index (κ1) is 24.3. The van der Waals surface area contributed by atoms with E-state index < -0.39 is 7.14 Å². The van der Waals surface area contributed by atoms with E-state index in [1.54, 1.807) is 0 Å². The fourth-order valence-corrected chi connectivity index (χ4v) is 12.1. The standard InChI is InChI=1S/C40H22N3O3P/c44-47-38-28-18-20-33-36(38)42(26-14-6-8-16-31(26)45-33)29-19-21-34-37(39(29)47)43(27-15-7-9-17-32(27)46-34)30-22-23-10-4-5-13-25(23)35(40(30)47)41(28)24-11-2-1-3-12-24/h1-22H. The van der Waals surface area contributed by atoms with Gasteiger partial charge in [0.1, 0.15) is 11.4 Å². The predicted molar refractivity (Wildman–Crippen MR) is 188 cm³/mol. The molecule has 5 heterocycles. The molecule has 47 heavy (non-hydrogen) atoms. The van der Waals surface area contributed by atoms with Crippen LogP contribution in [0.1, 0.15) is 0 Å². The minimum Gasteiger partial charge on any atom is -0.453 e. The van der Waals surface area contributed by atoms with Crippen LogP contribution in [0.3, 0.4) is 0 Å². The van der Waals surface area contributed by atoms with Crippen molar-refractivity contribution in [3.63, 3.8) is 0 Å². The Bertz CT molecular complexity index is 2650. The van der Waals surface area contributed by atoms with E-state index in [0.717, 1.165) is 89.4 Å². The summed E-state index contributed by atoms with van der Waals surface area (Å²) in [5.41, 5.74) is 8.19. The largest absolute Gasteiger partial charge is 0.453 e. The molecule has 7 heteroatoms. The molecule has 7 aromatic rings. The quantitative estimate of drug-likeness (QED) is 0.170. The van der Waals surface area contributed by atoms with Gasteiger partial charge in [-0.25, -0.2) is 0 Å². The summed E-state index contributed by atoms with van der Waals surface area (Å²) in [5, 5.41) is 4.60. The Kier molecular flexibility index (Phi) is 4.16. The van der Waals surface area contributed by atoms with Crippen LogP contribution in [0.15, 0.2) is 133 Å². The molecule has 0 amide bonds. The molecule has 1 unspecified atom stereocenters. The summed E-state index contributed by atoms with van der Waals surface area (Å²) in [7, 11) is -3.54. The van der Waals surface area contributed by atoms with Gasteiger partial charge in [0.25, 0.3) is 0 Å². The van der Waals surface area contributed by atoms with Gasteiger partial charge in [0.15, 0.2) is 30.1 Å². The average Bonchev–Trinajstić information content (AvgIpc) is 3.12. The maximum Gasteiger partial charge on any atom is 0.183 e. The summed E-state index contributed by atoms with van der Waals surface area (Å²) in [5.74, 6) is 2.93. The van der Waals surface area contributed by atoms with E-state index in [1.807, 2.05) is 54.6 Å². The second kappa shape index (κ2) is 8.05. The predicted octanol–water partition coefficient (Wildman–Crippen LogP) is 10.0. The second-order valence-corrected chi connectivity index (χ2v) is 15.0. The third-order valence-electron chi connectivity index (χ3n) is 10.2. The molecule has 12 rings (SSSR count). The molecule has 0 spiro atoms. The van der Waals surface area contributed by atoms with Crippen molar-refractivity contribution < 1.29 is 14.0 Å². The Morgan fingerprint density at radius 3 is 1.64 bits per heavy atom. The lowest BCUT2D eigenvalue weighted by Crippen LogP contribution is -2.48. The molecule has 7 aromatic carbocycles. The first-order valence-corrected chi connectivity index (χ1v) is 17.4. The van der Waals surface area contributed by atoms with Crippen molar-refractivity contribution in [2.75, 3.05) is 14.7 Å². The maximum absolute atomic E-state index is 16.9. The summed E-state index contributed by atoms with van der Waals surface area (Å²) in [4.78, 5) is 6.87. The Morgan fingerprint density at radius 2 is 0.957 bits per heavy atom. The fraction of sp³-hybridized carbons (Fsp3) is 0.